The lowest BCUT2D eigenvalue weighted by molar-refractivity contribution is -0.116. The van der Waals surface area contributed by atoms with E-state index >= 15 is 0 Å². The van der Waals surface area contributed by atoms with Gasteiger partial charge in [0.15, 0.2) is 0 Å². The third-order valence-corrected chi connectivity index (χ3v) is 3.49. The molecule has 106 valence electrons. The van der Waals surface area contributed by atoms with Crippen LogP contribution in [0.25, 0.3) is 0 Å². The molecule has 1 N–H and O–H groups in total. The quantitative estimate of drug-likeness (QED) is 0.932. The standard InChI is InChI=1S/C15H17ClN2O2/c1-9-4-6-14(13(16)8-9)17-15(19)7-5-12-10(2)18-20-11(12)3/h4,6,8H,5,7H2,1-3H3,(H,17,19). The fourth-order valence-electron chi connectivity index (χ4n) is 2.03. The van der Waals surface area contributed by atoms with Gasteiger partial charge in [-0.2, -0.15) is 0 Å². The van der Waals surface area contributed by atoms with Crippen LogP contribution in [0.3, 0.4) is 0 Å². The first kappa shape index (κ1) is 14.6. The molecule has 1 amide bonds. The van der Waals surface area contributed by atoms with Crippen LogP contribution in [0.4, 0.5) is 5.69 Å². The maximum atomic E-state index is 11.9. The molecule has 0 radical (unpaired) electrons. The van der Waals surface area contributed by atoms with E-state index < -0.39 is 0 Å². The summed E-state index contributed by atoms with van der Waals surface area (Å²) in [6.45, 7) is 5.68. The average molecular weight is 293 g/mol. The second kappa shape index (κ2) is 6.09. The number of nitrogens with one attached hydrogen (secondary N) is 1. The molecule has 0 saturated carbocycles. The number of aromatic nitrogens is 1. The molecule has 0 atom stereocenters. The van der Waals surface area contributed by atoms with Crippen LogP contribution in [-0.4, -0.2) is 11.1 Å². The Kier molecular flexibility index (Phi) is 4.45. The Morgan fingerprint density at radius 3 is 2.70 bits per heavy atom. The monoisotopic (exact) mass is 292 g/mol. The number of halogens is 1. The molecule has 1 heterocycles. The van der Waals surface area contributed by atoms with Crippen molar-refractivity contribution in [2.45, 2.75) is 33.6 Å². The molecule has 2 aromatic rings. The van der Waals surface area contributed by atoms with Crippen molar-refractivity contribution in [1.29, 1.82) is 0 Å². The lowest BCUT2D eigenvalue weighted by atomic mass is 10.1. The highest BCUT2D eigenvalue weighted by atomic mass is 35.5. The molecule has 2 rings (SSSR count). The zero-order chi connectivity index (χ0) is 14.7. The van der Waals surface area contributed by atoms with E-state index in [0.29, 0.717) is 23.6 Å². The summed E-state index contributed by atoms with van der Waals surface area (Å²) >= 11 is 6.08. The normalized spacial score (nSPS) is 10.6. The number of carbonyl (C=O) groups excluding carboxylic acids is 1. The maximum Gasteiger partial charge on any atom is 0.224 e. The van der Waals surface area contributed by atoms with Crippen molar-refractivity contribution >= 4 is 23.2 Å². The van der Waals surface area contributed by atoms with Crippen molar-refractivity contribution < 1.29 is 9.32 Å². The molecule has 20 heavy (non-hydrogen) atoms. The van der Waals surface area contributed by atoms with Crippen LogP contribution in [0, 0.1) is 20.8 Å². The second-order valence-corrected chi connectivity index (χ2v) is 5.24. The molecule has 0 aliphatic heterocycles. The first-order chi connectivity index (χ1) is 9.47. The summed E-state index contributed by atoms with van der Waals surface area (Å²) in [4.78, 5) is 11.9. The SMILES string of the molecule is Cc1ccc(NC(=O)CCc2c(C)noc2C)c(Cl)c1. The summed E-state index contributed by atoms with van der Waals surface area (Å²) in [5, 5.41) is 7.24. The Morgan fingerprint density at radius 1 is 1.35 bits per heavy atom. The van der Waals surface area contributed by atoms with Crippen molar-refractivity contribution in [3.8, 4) is 0 Å². The molecular weight excluding hydrogens is 276 g/mol. The van der Waals surface area contributed by atoms with Gasteiger partial charge in [0, 0.05) is 12.0 Å². The number of amides is 1. The van der Waals surface area contributed by atoms with Gasteiger partial charge in [-0.25, -0.2) is 0 Å². The Labute approximate surface area is 123 Å². The summed E-state index contributed by atoms with van der Waals surface area (Å²) in [5.41, 5.74) is 3.53. The maximum absolute atomic E-state index is 11.9. The first-order valence-electron chi connectivity index (χ1n) is 6.45. The van der Waals surface area contributed by atoms with E-state index in [-0.39, 0.29) is 5.91 Å². The predicted octanol–water partition coefficient (Wildman–Crippen LogP) is 3.82. The molecule has 0 unspecified atom stereocenters. The van der Waals surface area contributed by atoms with Crippen LogP contribution in [0.1, 0.15) is 29.0 Å². The zero-order valence-corrected chi connectivity index (χ0v) is 12.5. The summed E-state index contributed by atoms with van der Waals surface area (Å²) in [5.74, 6) is 0.694. The highest BCUT2D eigenvalue weighted by molar-refractivity contribution is 6.33. The molecule has 0 aliphatic rings. The third-order valence-electron chi connectivity index (χ3n) is 3.18. The highest BCUT2D eigenvalue weighted by Crippen LogP contribution is 2.23. The second-order valence-electron chi connectivity index (χ2n) is 4.83. The van der Waals surface area contributed by atoms with Crippen molar-refractivity contribution in [2.75, 3.05) is 5.32 Å². The molecular formula is C15H17ClN2O2. The largest absolute Gasteiger partial charge is 0.361 e. The van der Waals surface area contributed by atoms with E-state index in [0.717, 1.165) is 22.6 Å². The molecule has 1 aromatic heterocycles. The van der Waals surface area contributed by atoms with Crippen LogP contribution in [-0.2, 0) is 11.2 Å². The Balaban J connectivity index is 1.96. The van der Waals surface area contributed by atoms with Gasteiger partial charge in [0.05, 0.1) is 16.4 Å². The highest BCUT2D eigenvalue weighted by Gasteiger charge is 2.12. The molecule has 0 aliphatic carbocycles. The molecule has 0 fully saturated rings. The van der Waals surface area contributed by atoms with Gasteiger partial charge >= 0.3 is 0 Å². The van der Waals surface area contributed by atoms with Gasteiger partial charge in [-0.15, -0.1) is 0 Å². The van der Waals surface area contributed by atoms with Gasteiger partial charge < -0.3 is 9.84 Å². The number of nitrogens with zero attached hydrogens (tertiary/aromatic N) is 1. The van der Waals surface area contributed by atoms with E-state index in [1.165, 1.54) is 0 Å². The van der Waals surface area contributed by atoms with Gasteiger partial charge in [-0.3, -0.25) is 4.79 Å². The van der Waals surface area contributed by atoms with Crippen molar-refractivity contribution in [3.63, 3.8) is 0 Å². The molecule has 0 spiro atoms. The van der Waals surface area contributed by atoms with Gasteiger partial charge in [0.2, 0.25) is 5.91 Å². The molecule has 4 nitrogen and oxygen atoms in total. The number of hydrogen-bond donors (Lipinski definition) is 1. The van der Waals surface area contributed by atoms with E-state index in [2.05, 4.69) is 10.5 Å². The fraction of sp³-hybridized carbons (Fsp3) is 0.333. The summed E-state index contributed by atoms with van der Waals surface area (Å²) in [6.07, 6.45) is 0.976. The summed E-state index contributed by atoms with van der Waals surface area (Å²) < 4.78 is 5.08. The first-order valence-corrected chi connectivity index (χ1v) is 6.83. The van der Waals surface area contributed by atoms with Crippen molar-refractivity contribution in [2.24, 2.45) is 0 Å². The van der Waals surface area contributed by atoms with Crippen LogP contribution >= 0.6 is 11.6 Å². The van der Waals surface area contributed by atoms with Crippen molar-refractivity contribution in [3.05, 3.63) is 45.8 Å². The van der Waals surface area contributed by atoms with E-state index in [1.807, 2.05) is 39.0 Å². The minimum atomic E-state index is -0.0734. The third kappa shape index (κ3) is 3.39. The van der Waals surface area contributed by atoms with Gasteiger partial charge in [0.1, 0.15) is 5.76 Å². The lowest BCUT2D eigenvalue weighted by Gasteiger charge is -2.07. The lowest BCUT2D eigenvalue weighted by Crippen LogP contribution is -2.13. The molecule has 1 aromatic carbocycles. The van der Waals surface area contributed by atoms with E-state index in [4.69, 9.17) is 16.1 Å². The number of rotatable bonds is 4. The summed E-state index contributed by atoms with van der Waals surface area (Å²) in [7, 11) is 0. The number of benzene rings is 1. The fourth-order valence-corrected chi connectivity index (χ4v) is 2.31. The Morgan fingerprint density at radius 2 is 2.10 bits per heavy atom. The van der Waals surface area contributed by atoms with Gasteiger partial charge in [-0.1, -0.05) is 22.8 Å². The number of anilines is 1. The smallest absolute Gasteiger partial charge is 0.224 e. The number of aryl methyl sites for hydroxylation is 3. The van der Waals surface area contributed by atoms with E-state index in [1.54, 1.807) is 0 Å². The van der Waals surface area contributed by atoms with Crippen molar-refractivity contribution in [1.82, 2.24) is 5.16 Å². The Bertz CT molecular complexity index is 615. The minimum absolute atomic E-state index is 0.0734. The van der Waals surface area contributed by atoms with E-state index in [9.17, 15) is 4.79 Å². The predicted molar refractivity (Wildman–Crippen MR) is 79.1 cm³/mol. The van der Waals surface area contributed by atoms with Crippen LogP contribution < -0.4 is 5.32 Å². The Hall–Kier alpha value is -1.81. The zero-order valence-electron chi connectivity index (χ0n) is 11.8. The van der Waals surface area contributed by atoms with Crippen LogP contribution in [0.15, 0.2) is 22.7 Å². The molecule has 5 heteroatoms. The minimum Gasteiger partial charge on any atom is -0.361 e. The summed E-state index contributed by atoms with van der Waals surface area (Å²) in [6, 6.07) is 5.55. The molecule has 0 bridgehead atoms. The van der Waals surface area contributed by atoms with Gasteiger partial charge in [0.25, 0.3) is 0 Å². The molecule has 0 saturated heterocycles. The van der Waals surface area contributed by atoms with Crippen LogP contribution in [0.2, 0.25) is 5.02 Å². The number of hydrogen-bond acceptors (Lipinski definition) is 3. The van der Waals surface area contributed by atoms with Gasteiger partial charge in [-0.05, 0) is 44.9 Å². The van der Waals surface area contributed by atoms with Crippen LogP contribution in [0.5, 0.6) is 0 Å². The average Bonchev–Trinajstić information content (AvgIpc) is 2.70. The number of carbonyl (C=O) groups is 1. The topological polar surface area (TPSA) is 55.1 Å².